The Kier molecular flexibility index (Phi) is 6.39. The standard InChI is InChI=1S/C22H25NO6/c1-3-4-11-29-15-5-6-16-18(21(25)28-2)8-7-17(19(16)13-15)20-12-14(24)9-10-23(20)22(26)27/h3,5-8,13-14,20,24H,1,4,9-12H2,2H3,(H,26,27). The second kappa shape index (κ2) is 8.96. The Morgan fingerprint density at radius 1 is 1.28 bits per heavy atom. The van der Waals surface area contributed by atoms with Crippen LogP contribution in [0.4, 0.5) is 4.79 Å². The molecule has 1 heterocycles. The number of ether oxygens (including phenoxy) is 2. The number of amides is 1. The number of rotatable bonds is 6. The average molecular weight is 399 g/mol. The quantitative estimate of drug-likeness (QED) is 0.436. The van der Waals surface area contributed by atoms with Crippen LogP contribution in [0.2, 0.25) is 0 Å². The van der Waals surface area contributed by atoms with E-state index in [9.17, 15) is 19.8 Å². The molecule has 0 bridgehead atoms. The second-order valence-corrected chi connectivity index (χ2v) is 7.00. The predicted molar refractivity (Wildman–Crippen MR) is 108 cm³/mol. The molecule has 1 amide bonds. The van der Waals surface area contributed by atoms with Gasteiger partial charge in [0.25, 0.3) is 0 Å². The van der Waals surface area contributed by atoms with Crippen molar-refractivity contribution in [3.8, 4) is 5.75 Å². The molecule has 2 unspecified atom stereocenters. The molecule has 0 saturated carbocycles. The molecule has 1 aliphatic rings. The first-order valence-electron chi connectivity index (χ1n) is 9.52. The number of nitrogens with zero attached hydrogens (tertiary/aromatic N) is 1. The van der Waals surface area contributed by atoms with Crippen LogP contribution >= 0.6 is 0 Å². The monoisotopic (exact) mass is 399 g/mol. The lowest BCUT2D eigenvalue weighted by Crippen LogP contribution is -2.41. The molecule has 2 N–H and O–H groups in total. The number of esters is 1. The van der Waals surface area contributed by atoms with E-state index in [2.05, 4.69) is 6.58 Å². The second-order valence-electron chi connectivity index (χ2n) is 7.00. The number of hydrogen-bond acceptors (Lipinski definition) is 5. The lowest BCUT2D eigenvalue weighted by molar-refractivity contribution is 0.0428. The van der Waals surface area contributed by atoms with Gasteiger partial charge in [0, 0.05) is 6.54 Å². The molecular formula is C22H25NO6. The third kappa shape index (κ3) is 4.35. The van der Waals surface area contributed by atoms with Crippen molar-refractivity contribution in [1.82, 2.24) is 4.90 Å². The van der Waals surface area contributed by atoms with Gasteiger partial charge in [0.1, 0.15) is 5.75 Å². The summed E-state index contributed by atoms with van der Waals surface area (Å²) in [5, 5.41) is 21.2. The summed E-state index contributed by atoms with van der Waals surface area (Å²) < 4.78 is 10.6. The van der Waals surface area contributed by atoms with Crippen molar-refractivity contribution < 1.29 is 29.3 Å². The van der Waals surface area contributed by atoms with Gasteiger partial charge in [-0.05, 0) is 59.9 Å². The van der Waals surface area contributed by atoms with Gasteiger partial charge in [-0.3, -0.25) is 0 Å². The van der Waals surface area contributed by atoms with Gasteiger partial charge in [-0.1, -0.05) is 12.1 Å². The maximum Gasteiger partial charge on any atom is 0.407 e. The lowest BCUT2D eigenvalue weighted by atomic mass is 9.88. The first-order chi connectivity index (χ1) is 14.0. The highest BCUT2D eigenvalue weighted by atomic mass is 16.5. The van der Waals surface area contributed by atoms with Crippen LogP contribution in [0.5, 0.6) is 5.75 Å². The van der Waals surface area contributed by atoms with E-state index in [0.717, 1.165) is 5.56 Å². The molecule has 1 aliphatic heterocycles. The minimum absolute atomic E-state index is 0.247. The van der Waals surface area contributed by atoms with E-state index in [4.69, 9.17) is 9.47 Å². The lowest BCUT2D eigenvalue weighted by Gasteiger charge is -2.37. The highest BCUT2D eigenvalue weighted by Gasteiger charge is 2.33. The summed E-state index contributed by atoms with van der Waals surface area (Å²) in [4.78, 5) is 25.3. The molecule has 2 atom stereocenters. The van der Waals surface area contributed by atoms with E-state index in [-0.39, 0.29) is 6.54 Å². The summed E-state index contributed by atoms with van der Waals surface area (Å²) in [6.07, 6.45) is 1.52. The maximum atomic E-state index is 12.2. The molecule has 2 aromatic carbocycles. The molecule has 0 spiro atoms. The van der Waals surface area contributed by atoms with Crippen molar-refractivity contribution in [2.75, 3.05) is 20.3 Å². The number of carbonyl (C=O) groups excluding carboxylic acids is 1. The first-order valence-corrected chi connectivity index (χ1v) is 9.52. The van der Waals surface area contributed by atoms with Gasteiger partial charge < -0.3 is 24.6 Å². The number of fused-ring (bicyclic) bond motifs is 1. The SMILES string of the molecule is C=CCCOc1ccc2c(C(=O)OC)ccc(C3CC(O)CCN3C(=O)O)c2c1. The predicted octanol–water partition coefficient (Wildman–Crippen LogP) is 3.76. The number of benzene rings is 2. The van der Waals surface area contributed by atoms with Crippen LogP contribution < -0.4 is 4.74 Å². The smallest absolute Gasteiger partial charge is 0.407 e. The summed E-state index contributed by atoms with van der Waals surface area (Å²) in [5.41, 5.74) is 1.12. The maximum absolute atomic E-state index is 12.2. The summed E-state index contributed by atoms with van der Waals surface area (Å²) >= 11 is 0. The van der Waals surface area contributed by atoms with E-state index in [1.54, 1.807) is 36.4 Å². The van der Waals surface area contributed by atoms with Crippen molar-refractivity contribution >= 4 is 22.8 Å². The number of hydrogen-bond donors (Lipinski definition) is 2. The molecular weight excluding hydrogens is 374 g/mol. The van der Waals surface area contributed by atoms with Crippen molar-refractivity contribution in [3.63, 3.8) is 0 Å². The average Bonchev–Trinajstić information content (AvgIpc) is 2.72. The van der Waals surface area contributed by atoms with Crippen molar-refractivity contribution in [1.29, 1.82) is 0 Å². The number of carboxylic acid groups (broad SMARTS) is 1. The Bertz CT molecular complexity index is 925. The molecule has 0 aliphatic carbocycles. The van der Waals surface area contributed by atoms with Crippen LogP contribution in [0.25, 0.3) is 10.8 Å². The highest BCUT2D eigenvalue weighted by Crippen LogP contribution is 2.38. The molecule has 154 valence electrons. The van der Waals surface area contributed by atoms with Crippen molar-refractivity contribution in [2.45, 2.75) is 31.4 Å². The van der Waals surface area contributed by atoms with E-state index >= 15 is 0 Å². The van der Waals surface area contributed by atoms with Crippen LogP contribution in [-0.4, -0.2) is 53.5 Å². The minimum Gasteiger partial charge on any atom is -0.493 e. The molecule has 2 aromatic rings. The zero-order valence-electron chi connectivity index (χ0n) is 16.3. The van der Waals surface area contributed by atoms with Crippen LogP contribution in [0.1, 0.15) is 41.2 Å². The van der Waals surface area contributed by atoms with E-state index in [1.165, 1.54) is 12.0 Å². The normalized spacial score (nSPS) is 19.0. The third-order valence-corrected chi connectivity index (χ3v) is 5.20. The van der Waals surface area contributed by atoms with Gasteiger partial charge >= 0.3 is 12.1 Å². The molecule has 7 nitrogen and oxygen atoms in total. The number of aliphatic hydroxyl groups excluding tert-OH is 1. The van der Waals surface area contributed by atoms with Crippen molar-refractivity contribution in [2.24, 2.45) is 0 Å². The van der Waals surface area contributed by atoms with Gasteiger partial charge in [0.05, 0.1) is 31.4 Å². The largest absolute Gasteiger partial charge is 0.493 e. The van der Waals surface area contributed by atoms with Gasteiger partial charge in [-0.15, -0.1) is 6.58 Å². The van der Waals surface area contributed by atoms with Crippen LogP contribution in [0, 0.1) is 0 Å². The fourth-order valence-corrected chi connectivity index (χ4v) is 3.75. The molecule has 0 aromatic heterocycles. The van der Waals surface area contributed by atoms with Crippen LogP contribution in [0.15, 0.2) is 43.0 Å². The summed E-state index contributed by atoms with van der Waals surface area (Å²) in [6, 6.07) is 8.21. The third-order valence-electron chi connectivity index (χ3n) is 5.20. The summed E-state index contributed by atoms with van der Waals surface area (Å²) in [6.45, 7) is 4.38. The number of methoxy groups -OCH3 is 1. The van der Waals surface area contributed by atoms with Gasteiger partial charge in [0.15, 0.2) is 0 Å². The van der Waals surface area contributed by atoms with E-state index < -0.39 is 24.2 Å². The summed E-state index contributed by atoms with van der Waals surface area (Å²) in [7, 11) is 1.32. The molecule has 3 rings (SSSR count). The molecule has 7 heteroatoms. The fourth-order valence-electron chi connectivity index (χ4n) is 3.75. The minimum atomic E-state index is -1.04. The van der Waals surface area contributed by atoms with E-state index in [0.29, 0.717) is 48.0 Å². The fraction of sp³-hybridized carbons (Fsp3) is 0.364. The number of carbonyl (C=O) groups is 2. The Balaban J connectivity index is 2.13. The Morgan fingerprint density at radius 2 is 2.07 bits per heavy atom. The van der Waals surface area contributed by atoms with Gasteiger partial charge in [0.2, 0.25) is 0 Å². The molecule has 1 fully saturated rings. The molecule has 1 saturated heterocycles. The van der Waals surface area contributed by atoms with Crippen LogP contribution in [-0.2, 0) is 4.74 Å². The van der Waals surface area contributed by atoms with Gasteiger partial charge in [-0.25, -0.2) is 9.59 Å². The number of likely N-dealkylation sites (tertiary alicyclic amines) is 1. The van der Waals surface area contributed by atoms with E-state index in [1.807, 2.05) is 0 Å². The Labute approximate surface area is 169 Å². The molecule has 29 heavy (non-hydrogen) atoms. The Hall–Kier alpha value is -3.06. The zero-order chi connectivity index (χ0) is 21.0. The van der Waals surface area contributed by atoms with Crippen molar-refractivity contribution in [3.05, 3.63) is 54.1 Å². The van der Waals surface area contributed by atoms with Gasteiger partial charge in [-0.2, -0.15) is 0 Å². The summed E-state index contributed by atoms with van der Waals surface area (Å²) in [5.74, 6) is 0.140. The number of piperidine rings is 1. The highest BCUT2D eigenvalue weighted by molar-refractivity contribution is 6.06. The molecule has 0 radical (unpaired) electrons. The van der Waals surface area contributed by atoms with Crippen LogP contribution in [0.3, 0.4) is 0 Å². The number of aliphatic hydroxyl groups is 1. The topological polar surface area (TPSA) is 96.3 Å². The Morgan fingerprint density at radius 3 is 2.76 bits per heavy atom. The first kappa shape index (κ1) is 20.7. The zero-order valence-corrected chi connectivity index (χ0v) is 16.3.